The highest BCUT2D eigenvalue weighted by Crippen LogP contribution is 2.48. The van der Waals surface area contributed by atoms with Crippen LogP contribution in [0.2, 0.25) is 0 Å². The van der Waals surface area contributed by atoms with Crippen molar-refractivity contribution < 1.29 is 17.8 Å². The maximum atomic E-state index is 12.8. The van der Waals surface area contributed by atoms with Gasteiger partial charge < -0.3 is 4.42 Å². The normalized spacial score (nSPS) is 15.4. The molecule has 0 unspecified atom stereocenters. The molecule has 27 heavy (non-hydrogen) atoms. The Labute approximate surface area is 156 Å². The first kappa shape index (κ1) is 17.7. The maximum absolute atomic E-state index is 12.8. The lowest BCUT2D eigenvalue weighted by atomic mass is 10.0. The van der Waals surface area contributed by atoms with Crippen molar-refractivity contribution in [3.8, 4) is 22.3 Å². The van der Waals surface area contributed by atoms with E-state index in [0.717, 1.165) is 12.8 Å². The fraction of sp³-hybridized carbons (Fsp3) is 0.263. The standard InChI is InChI=1S/C19H18N2O5S/c22-21(23)19-17(13-27(24,25)20-9-4-5-10-20)15-8-11-26-12-16(15)18(19)14-6-2-1-3-7-14/h1-3,6-8,11-12H,4-5,9-10,13H2. The molecule has 3 aliphatic rings. The minimum Gasteiger partial charge on any atom is -0.472 e. The Hall–Kier alpha value is -2.71. The Balaban J connectivity index is 1.93. The number of nitrogens with zero attached hydrogens (tertiary/aromatic N) is 2. The van der Waals surface area contributed by atoms with Gasteiger partial charge in [-0.15, -0.1) is 0 Å². The molecule has 7 nitrogen and oxygen atoms in total. The summed E-state index contributed by atoms with van der Waals surface area (Å²) in [5, 5.41) is 12.0. The second-order valence-electron chi connectivity index (χ2n) is 6.57. The lowest BCUT2D eigenvalue weighted by Crippen LogP contribution is -2.29. The molecule has 0 N–H and O–H groups in total. The Morgan fingerprint density at radius 3 is 2.44 bits per heavy atom. The van der Waals surface area contributed by atoms with E-state index in [1.807, 2.05) is 6.07 Å². The van der Waals surface area contributed by atoms with Gasteiger partial charge in [0.25, 0.3) is 5.69 Å². The molecular formula is C19H18N2O5S. The molecule has 1 fully saturated rings. The first-order valence-electron chi connectivity index (χ1n) is 8.67. The van der Waals surface area contributed by atoms with E-state index in [2.05, 4.69) is 0 Å². The zero-order valence-electron chi connectivity index (χ0n) is 14.5. The molecule has 0 aromatic heterocycles. The van der Waals surface area contributed by atoms with Crippen LogP contribution in [0.1, 0.15) is 18.4 Å². The predicted molar refractivity (Wildman–Crippen MR) is 101 cm³/mol. The summed E-state index contributed by atoms with van der Waals surface area (Å²) in [6.45, 7) is 0.936. The van der Waals surface area contributed by atoms with Gasteiger partial charge in [-0.2, -0.15) is 0 Å². The number of nitro groups is 1. The van der Waals surface area contributed by atoms with Gasteiger partial charge in [0.1, 0.15) is 0 Å². The molecule has 2 heterocycles. The molecule has 0 radical (unpaired) electrons. The largest absolute Gasteiger partial charge is 0.472 e. The highest BCUT2D eigenvalue weighted by molar-refractivity contribution is 7.88. The van der Waals surface area contributed by atoms with Crippen molar-refractivity contribution >= 4 is 15.7 Å². The van der Waals surface area contributed by atoms with Crippen molar-refractivity contribution in [2.75, 3.05) is 13.1 Å². The zero-order chi connectivity index (χ0) is 19.0. The van der Waals surface area contributed by atoms with E-state index in [0.29, 0.717) is 35.3 Å². The number of rotatable bonds is 5. The molecule has 4 rings (SSSR count). The van der Waals surface area contributed by atoms with E-state index < -0.39 is 20.7 Å². The number of hydrogen-bond acceptors (Lipinski definition) is 5. The van der Waals surface area contributed by atoms with Crippen molar-refractivity contribution in [1.29, 1.82) is 0 Å². The summed E-state index contributed by atoms with van der Waals surface area (Å²) >= 11 is 0. The van der Waals surface area contributed by atoms with Gasteiger partial charge in [-0.05, 0) is 30.0 Å². The van der Waals surface area contributed by atoms with Crippen LogP contribution in [0.3, 0.4) is 0 Å². The molecule has 0 atom stereocenters. The van der Waals surface area contributed by atoms with E-state index in [4.69, 9.17) is 4.42 Å². The molecule has 0 bridgehead atoms. The van der Waals surface area contributed by atoms with Crippen LogP contribution in [0.25, 0.3) is 22.3 Å². The molecule has 2 aliphatic heterocycles. The van der Waals surface area contributed by atoms with Crippen LogP contribution in [-0.4, -0.2) is 30.7 Å². The van der Waals surface area contributed by atoms with Crippen LogP contribution in [0.5, 0.6) is 0 Å². The third-order valence-electron chi connectivity index (χ3n) is 4.94. The van der Waals surface area contributed by atoms with Crippen LogP contribution in [0, 0.1) is 10.1 Å². The summed E-state index contributed by atoms with van der Waals surface area (Å²) in [6.07, 6.45) is 4.48. The molecule has 1 aromatic rings. The SMILES string of the molecule is O=[N+]([O-])c1c(CS(=O)(=O)N2CCCC2)c2ccocc-2c1-c1ccccc1. The third-order valence-corrected chi connectivity index (χ3v) is 6.74. The van der Waals surface area contributed by atoms with Gasteiger partial charge in [-0.1, -0.05) is 30.3 Å². The summed E-state index contributed by atoms with van der Waals surface area (Å²) < 4.78 is 32.4. The van der Waals surface area contributed by atoms with Gasteiger partial charge >= 0.3 is 0 Å². The lowest BCUT2D eigenvalue weighted by Gasteiger charge is -2.15. The number of benzene rings is 1. The van der Waals surface area contributed by atoms with Crippen LogP contribution >= 0.6 is 0 Å². The Bertz CT molecular complexity index is 1050. The van der Waals surface area contributed by atoms with Gasteiger partial charge in [-0.3, -0.25) is 10.1 Å². The van der Waals surface area contributed by atoms with Crippen molar-refractivity contribution in [2.24, 2.45) is 0 Å². The average Bonchev–Trinajstić information content (AvgIpc) is 3.30. The molecule has 1 aliphatic carbocycles. The highest BCUT2D eigenvalue weighted by atomic mass is 32.2. The van der Waals surface area contributed by atoms with Gasteiger partial charge in [0, 0.05) is 18.7 Å². The molecule has 0 amide bonds. The number of sulfonamides is 1. The van der Waals surface area contributed by atoms with Gasteiger partial charge in [0.05, 0.1) is 34.3 Å². The Kier molecular flexibility index (Phi) is 4.45. The average molecular weight is 386 g/mol. The number of hydrogen-bond donors (Lipinski definition) is 0. The minimum atomic E-state index is -3.63. The van der Waals surface area contributed by atoms with E-state index in [1.165, 1.54) is 16.8 Å². The maximum Gasteiger partial charge on any atom is 0.282 e. The fourth-order valence-electron chi connectivity index (χ4n) is 3.72. The molecule has 8 heteroatoms. The lowest BCUT2D eigenvalue weighted by molar-refractivity contribution is -0.384. The first-order chi connectivity index (χ1) is 13.0. The fourth-order valence-corrected chi connectivity index (χ4v) is 5.37. The molecule has 140 valence electrons. The monoisotopic (exact) mass is 386 g/mol. The third kappa shape index (κ3) is 3.11. The van der Waals surface area contributed by atoms with E-state index in [1.54, 1.807) is 30.3 Å². The van der Waals surface area contributed by atoms with E-state index in [9.17, 15) is 18.5 Å². The summed E-state index contributed by atoms with van der Waals surface area (Å²) in [4.78, 5) is 11.5. The minimum absolute atomic E-state index is 0.166. The molecule has 1 saturated heterocycles. The molecule has 0 spiro atoms. The molecular weight excluding hydrogens is 368 g/mol. The molecule has 0 saturated carbocycles. The zero-order valence-corrected chi connectivity index (χ0v) is 15.3. The van der Waals surface area contributed by atoms with E-state index >= 15 is 0 Å². The highest BCUT2D eigenvalue weighted by Gasteiger charge is 2.36. The smallest absolute Gasteiger partial charge is 0.282 e. The summed E-state index contributed by atoms with van der Waals surface area (Å²) in [5.41, 5.74) is 2.18. The summed E-state index contributed by atoms with van der Waals surface area (Å²) in [5.74, 6) is -0.392. The van der Waals surface area contributed by atoms with E-state index in [-0.39, 0.29) is 11.3 Å². The Morgan fingerprint density at radius 2 is 1.78 bits per heavy atom. The van der Waals surface area contributed by atoms with Crippen molar-refractivity contribution in [1.82, 2.24) is 4.31 Å². The van der Waals surface area contributed by atoms with Crippen LogP contribution in [0.15, 0.2) is 53.3 Å². The second kappa shape index (κ2) is 6.79. The quantitative estimate of drug-likeness (QED) is 0.490. The second-order valence-corrected chi connectivity index (χ2v) is 8.54. The van der Waals surface area contributed by atoms with Gasteiger partial charge in [0.2, 0.25) is 10.0 Å². The number of fused-ring (bicyclic) bond motifs is 1. The van der Waals surface area contributed by atoms with Crippen molar-refractivity contribution in [2.45, 2.75) is 18.6 Å². The molecule has 1 aromatic carbocycles. The van der Waals surface area contributed by atoms with Gasteiger partial charge in [-0.25, -0.2) is 12.7 Å². The van der Waals surface area contributed by atoms with Crippen LogP contribution in [0.4, 0.5) is 5.69 Å². The first-order valence-corrected chi connectivity index (χ1v) is 10.3. The summed E-state index contributed by atoms with van der Waals surface area (Å²) in [7, 11) is -3.63. The topological polar surface area (TPSA) is 93.7 Å². The summed E-state index contributed by atoms with van der Waals surface area (Å²) in [6, 6.07) is 10.5. The van der Waals surface area contributed by atoms with Gasteiger partial charge in [0.15, 0.2) is 0 Å². The van der Waals surface area contributed by atoms with Crippen molar-refractivity contribution in [3.05, 3.63) is 64.6 Å². The van der Waals surface area contributed by atoms with Crippen LogP contribution in [-0.2, 0) is 15.8 Å². The predicted octanol–water partition coefficient (Wildman–Crippen LogP) is 3.89. The van der Waals surface area contributed by atoms with Crippen LogP contribution < -0.4 is 0 Å². The Morgan fingerprint density at radius 1 is 1.07 bits per heavy atom. The van der Waals surface area contributed by atoms with Crippen molar-refractivity contribution in [3.63, 3.8) is 0 Å².